The molecule has 14 heavy (non-hydrogen) atoms. The molecule has 1 aromatic rings. The number of nitrogens with one attached hydrogen (secondary N) is 1. The number of anilines is 2. The summed E-state index contributed by atoms with van der Waals surface area (Å²) in [7, 11) is 0. The van der Waals surface area contributed by atoms with Crippen LogP contribution >= 0.6 is 0 Å². The number of carbonyl (C=O) groups is 1. The summed E-state index contributed by atoms with van der Waals surface area (Å²) >= 11 is 0. The Morgan fingerprint density at radius 3 is 2.93 bits per heavy atom. The fraction of sp³-hybridized carbons (Fsp3) is 0.375. The number of nitrogen functional groups attached to an aromatic ring is 1. The number of nitrogens with zero attached hydrogens (tertiary/aromatic N) is 2. The minimum Gasteiger partial charge on any atom is -0.384 e. The summed E-state index contributed by atoms with van der Waals surface area (Å²) in [5.41, 5.74) is 10.5. The van der Waals surface area contributed by atoms with E-state index < -0.39 is 0 Å². The summed E-state index contributed by atoms with van der Waals surface area (Å²) in [6.07, 6.45) is 1.61. The van der Waals surface area contributed by atoms with Gasteiger partial charge >= 0.3 is 0 Å². The molecule has 1 aromatic heterocycles. The molecule has 1 heterocycles. The van der Waals surface area contributed by atoms with Crippen LogP contribution in [0.4, 0.5) is 11.6 Å². The van der Waals surface area contributed by atoms with Gasteiger partial charge in [-0.15, -0.1) is 0 Å². The van der Waals surface area contributed by atoms with Crippen molar-refractivity contribution < 1.29 is 4.79 Å². The molecule has 6 heteroatoms. The Balaban J connectivity index is 2.55. The Hall–Kier alpha value is -1.85. The zero-order valence-corrected chi connectivity index (χ0v) is 7.90. The number of aromatic nitrogens is 2. The van der Waals surface area contributed by atoms with Crippen molar-refractivity contribution in [3.63, 3.8) is 0 Å². The molecule has 0 aromatic carbocycles. The molecular formula is C8H13N5O. The molecule has 1 amide bonds. The molecule has 0 aliphatic carbocycles. The van der Waals surface area contributed by atoms with E-state index in [1.54, 1.807) is 6.07 Å². The Labute approximate surface area is 81.7 Å². The van der Waals surface area contributed by atoms with Crippen LogP contribution in [-0.4, -0.2) is 21.9 Å². The maximum absolute atomic E-state index is 10.6. The topological polar surface area (TPSA) is 107 Å². The summed E-state index contributed by atoms with van der Waals surface area (Å²) < 4.78 is 0. The van der Waals surface area contributed by atoms with E-state index in [-0.39, 0.29) is 18.4 Å². The van der Waals surface area contributed by atoms with Gasteiger partial charge in [0.2, 0.25) is 5.91 Å². The first-order chi connectivity index (χ1) is 6.58. The van der Waals surface area contributed by atoms with Crippen molar-refractivity contribution in [2.75, 3.05) is 11.1 Å². The van der Waals surface area contributed by atoms with E-state index >= 15 is 0 Å². The lowest BCUT2D eigenvalue weighted by molar-refractivity contribution is -0.118. The maximum atomic E-state index is 10.6. The van der Waals surface area contributed by atoms with Crippen LogP contribution in [0.5, 0.6) is 0 Å². The minimum atomic E-state index is -0.355. The van der Waals surface area contributed by atoms with Gasteiger partial charge in [0, 0.05) is 18.5 Å². The molecule has 0 aliphatic rings. The Bertz CT molecular complexity index is 327. The van der Waals surface area contributed by atoms with Gasteiger partial charge in [0.25, 0.3) is 0 Å². The highest BCUT2D eigenvalue weighted by molar-refractivity contribution is 5.74. The fourth-order valence-corrected chi connectivity index (χ4v) is 1.06. The van der Waals surface area contributed by atoms with Crippen molar-refractivity contribution in [2.24, 2.45) is 5.73 Å². The normalized spacial score (nSPS) is 12.1. The number of hydrogen-bond donors (Lipinski definition) is 3. The van der Waals surface area contributed by atoms with Crippen LogP contribution in [-0.2, 0) is 4.79 Å². The first-order valence-electron chi connectivity index (χ1n) is 4.20. The van der Waals surface area contributed by atoms with E-state index in [4.69, 9.17) is 11.5 Å². The average Bonchev–Trinajstić information content (AvgIpc) is 2.01. The van der Waals surface area contributed by atoms with E-state index in [0.717, 1.165) is 0 Å². The maximum Gasteiger partial charge on any atom is 0.219 e. The van der Waals surface area contributed by atoms with Crippen LogP contribution in [0.1, 0.15) is 13.3 Å². The SMILES string of the molecule is CC(CC(N)=O)Nc1cc(N)ncn1. The van der Waals surface area contributed by atoms with Gasteiger partial charge in [0.1, 0.15) is 18.0 Å². The molecule has 0 aliphatic heterocycles. The van der Waals surface area contributed by atoms with E-state index in [2.05, 4.69) is 15.3 Å². The number of carbonyl (C=O) groups excluding carboxylic acids is 1. The van der Waals surface area contributed by atoms with Crippen LogP contribution in [0, 0.1) is 0 Å². The quantitative estimate of drug-likeness (QED) is 0.613. The second-order valence-electron chi connectivity index (χ2n) is 3.04. The van der Waals surface area contributed by atoms with Crippen LogP contribution in [0.2, 0.25) is 0 Å². The first-order valence-corrected chi connectivity index (χ1v) is 4.20. The average molecular weight is 195 g/mol. The summed E-state index contributed by atoms with van der Waals surface area (Å²) in [5, 5.41) is 2.98. The highest BCUT2D eigenvalue weighted by atomic mass is 16.1. The molecule has 0 saturated carbocycles. The van der Waals surface area contributed by atoms with Crippen molar-refractivity contribution in [3.8, 4) is 0 Å². The molecule has 76 valence electrons. The van der Waals surface area contributed by atoms with Gasteiger partial charge in [-0.3, -0.25) is 4.79 Å². The van der Waals surface area contributed by atoms with Crippen LogP contribution < -0.4 is 16.8 Å². The summed E-state index contributed by atoms with van der Waals surface area (Å²) in [6.45, 7) is 1.84. The number of nitrogens with two attached hydrogens (primary N) is 2. The fourth-order valence-electron chi connectivity index (χ4n) is 1.06. The zero-order chi connectivity index (χ0) is 10.6. The minimum absolute atomic E-state index is 0.0678. The number of rotatable bonds is 4. The summed E-state index contributed by atoms with van der Waals surface area (Å²) in [4.78, 5) is 18.3. The van der Waals surface area contributed by atoms with E-state index in [0.29, 0.717) is 11.6 Å². The molecule has 1 unspecified atom stereocenters. The van der Waals surface area contributed by atoms with Gasteiger partial charge in [-0.2, -0.15) is 0 Å². The molecule has 0 bridgehead atoms. The van der Waals surface area contributed by atoms with Gasteiger partial charge < -0.3 is 16.8 Å². The van der Waals surface area contributed by atoms with Gasteiger partial charge in [-0.1, -0.05) is 0 Å². The molecule has 6 nitrogen and oxygen atoms in total. The Kier molecular flexibility index (Phi) is 3.22. The first kappa shape index (κ1) is 10.2. The highest BCUT2D eigenvalue weighted by Gasteiger charge is 2.06. The predicted molar refractivity (Wildman–Crippen MR) is 53.3 cm³/mol. The predicted octanol–water partition coefficient (Wildman–Crippen LogP) is -0.265. The smallest absolute Gasteiger partial charge is 0.219 e. The molecule has 1 rings (SSSR count). The van der Waals surface area contributed by atoms with Crippen molar-refractivity contribution in [2.45, 2.75) is 19.4 Å². The number of amides is 1. The number of hydrogen-bond acceptors (Lipinski definition) is 5. The summed E-state index contributed by atoms with van der Waals surface area (Å²) in [5.74, 6) is 0.618. The third kappa shape index (κ3) is 3.26. The van der Waals surface area contributed by atoms with Crippen molar-refractivity contribution in [1.82, 2.24) is 9.97 Å². The van der Waals surface area contributed by atoms with Crippen molar-refractivity contribution in [1.29, 1.82) is 0 Å². The van der Waals surface area contributed by atoms with Crippen LogP contribution in [0.3, 0.4) is 0 Å². The molecule has 5 N–H and O–H groups in total. The summed E-state index contributed by atoms with van der Waals surface area (Å²) in [6, 6.07) is 1.53. The zero-order valence-electron chi connectivity index (χ0n) is 7.90. The van der Waals surface area contributed by atoms with E-state index in [1.807, 2.05) is 6.92 Å². The second-order valence-corrected chi connectivity index (χ2v) is 3.04. The van der Waals surface area contributed by atoms with Crippen LogP contribution in [0.15, 0.2) is 12.4 Å². The highest BCUT2D eigenvalue weighted by Crippen LogP contribution is 2.07. The lowest BCUT2D eigenvalue weighted by atomic mass is 10.2. The Morgan fingerprint density at radius 2 is 2.36 bits per heavy atom. The lowest BCUT2D eigenvalue weighted by Gasteiger charge is -2.12. The molecule has 0 radical (unpaired) electrons. The third-order valence-corrected chi connectivity index (χ3v) is 1.59. The number of primary amides is 1. The van der Waals surface area contributed by atoms with E-state index in [1.165, 1.54) is 6.33 Å². The van der Waals surface area contributed by atoms with Gasteiger partial charge in [0.05, 0.1) is 0 Å². The largest absolute Gasteiger partial charge is 0.384 e. The van der Waals surface area contributed by atoms with Crippen LogP contribution in [0.25, 0.3) is 0 Å². The van der Waals surface area contributed by atoms with Crippen molar-refractivity contribution >= 4 is 17.5 Å². The molecule has 0 saturated heterocycles. The Morgan fingerprint density at radius 1 is 1.64 bits per heavy atom. The van der Waals surface area contributed by atoms with Gasteiger partial charge in [-0.25, -0.2) is 9.97 Å². The van der Waals surface area contributed by atoms with Crippen molar-refractivity contribution in [3.05, 3.63) is 12.4 Å². The molecule has 0 spiro atoms. The molecule has 0 fully saturated rings. The second kappa shape index (κ2) is 4.40. The van der Waals surface area contributed by atoms with E-state index in [9.17, 15) is 4.79 Å². The van der Waals surface area contributed by atoms with Gasteiger partial charge in [0.15, 0.2) is 0 Å². The van der Waals surface area contributed by atoms with Gasteiger partial charge in [-0.05, 0) is 6.92 Å². The monoisotopic (exact) mass is 195 g/mol. The lowest BCUT2D eigenvalue weighted by Crippen LogP contribution is -2.24. The molecule has 1 atom stereocenters. The third-order valence-electron chi connectivity index (χ3n) is 1.59. The molecular weight excluding hydrogens is 182 g/mol. The standard InChI is InChI=1S/C8H13N5O/c1-5(2-7(10)14)13-8-3-6(9)11-4-12-8/h3-5H,2H2,1H3,(H2,10,14)(H3,9,11,12,13).